The number of nitrogens with zero attached hydrogens (tertiary/aromatic N) is 1. The van der Waals surface area contributed by atoms with Gasteiger partial charge in [0.2, 0.25) is 0 Å². The molecule has 0 bridgehead atoms. The van der Waals surface area contributed by atoms with Gasteiger partial charge in [0.15, 0.2) is 0 Å². The van der Waals surface area contributed by atoms with Crippen LogP contribution in [0.3, 0.4) is 0 Å². The third-order valence-electron chi connectivity index (χ3n) is 3.44. The summed E-state index contributed by atoms with van der Waals surface area (Å²) in [6, 6.07) is 0.352. The fourth-order valence-electron chi connectivity index (χ4n) is 2.19. The Bertz CT molecular complexity index is 227. The Labute approximate surface area is 96.2 Å². The van der Waals surface area contributed by atoms with Crippen LogP contribution < -0.4 is 0 Å². The first-order valence-electron chi connectivity index (χ1n) is 5.58. The van der Waals surface area contributed by atoms with Crippen LogP contribution in [0.25, 0.3) is 0 Å². The van der Waals surface area contributed by atoms with E-state index in [9.17, 15) is 9.90 Å². The largest absolute Gasteiger partial charge is 0.480 e. The molecule has 0 aliphatic carbocycles. The monoisotopic (exact) mass is 231 g/mol. The van der Waals surface area contributed by atoms with Crippen LogP contribution in [0.5, 0.6) is 0 Å². The van der Waals surface area contributed by atoms with E-state index in [2.05, 4.69) is 18.7 Å². The predicted molar refractivity (Wildman–Crippen MR) is 64.4 cm³/mol. The molecule has 15 heavy (non-hydrogen) atoms. The van der Waals surface area contributed by atoms with E-state index in [-0.39, 0.29) is 0 Å². The lowest BCUT2D eigenvalue weighted by atomic mass is 9.94. The molecule has 1 N–H and O–H groups in total. The van der Waals surface area contributed by atoms with Crippen LogP contribution in [0.4, 0.5) is 0 Å². The smallest absolute Gasteiger partial charge is 0.325 e. The number of likely N-dealkylation sites (N-methyl/N-ethyl adjacent to an activating group) is 1. The first-order chi connectivity index (χ1) is 7.04. The third-order valence-corrected chi connectivity index (χ3v) is 4.62. The molecule has 1 rings (SSSR count). The summed E-state index contributed by atoms with van der Waals surface area (Å²) in [7, 11) is 1.96. The van der Waals surface area contributed by atoms with Gasteiger partial charge in [-0.3, -0.25) is 9.69 Å². The maximum absolute atomic E-state index is 11.4. The summed E-state index contributed by atoms with van der Waals surface area (Å²) in [5.41, 5.74) is -0.612. The van der Waals surface area contributed by atoms with Crippen molar-refractivity contribution in [2.75, 3.05) is 18.6 Å². The number of hydrogen-bond acceptors (Lipinski definition) is 3. The SMILES string of the molecule is CCCC(C)N(C)C1(C(=O)O)CCSC1. The molecular formula is C11H21NO2S. The molecule has 0 spiro atoms. The second kappa shape index (κ2) is 5.21. The van der Waals surface area contributed by atoms with E-state index in [0.717, 1.165) is 30.8 Å². The minimum Gasteiger partial charge on any atom is -0.480 e. The molecule has 1 saturated heterocycles. The molecule has 0 aromatic rings. The molecule has 4 heteroatoms. The molecule has 1 heterocycles. The van der Waals surface area contributed by atoms with E-state index in [4.69, 9.17) is 0 Å². The summed E-state index contributed by atoms with van der Waals surface area (Å²) >= 11 is 1.75. The number of carbonyl (C=O) groups is 1. The van der Waals surface area contributed by atoms with Crippen molar-refractivity contribution in [2.45, 2.75) is 44.7 Å². The van der Waals surface area contributed by atoms with Crippen molar-refractivity contribution in [2.24, 2.45) is 0 Å². The summed E-state index contributed by atoms with van der Waals surface area (Å²) < 4.78 is 0. The Morgan fingerprint density at radius 1 is 1.67 bits per heavy atom. The molecule has 0 saturated carbocycles. The van der Waals surface area contributed by atoms with Crippen LogP contribution in [0.2, 0.25) is 0 Å². The van der Waals surface area contributed by atoms with E-state index in [0.29, 0.717) is 6.04 Å². The molecule has 1 fully saturated rings. The summed E-state index contributed by atoms with van der Waals surface area (Å²) in [6.45, 7) is 4.26. The summed E-state index contributed by atoms with van der Waals surface area (Å²) in [6.07, 6.45) is 2.95. The van der Waals surface area contributed by atoms with Crippen LogP contribution >= 0.6 is 11.8 Å². The fourth-order valence-corrected chi connectivity index (χ4v) is 3.62. The zero-order chi connectivity index (χ0) is 11.5. The maximum atomic E-state index is 11.4. The minimum absolute atomic E-state index is 0.352. The Morgan fingerprint density at radius 2 is 2.33 bits per heavy atom. The van der Waals surface area contributed by atoms with E-state index < -0.39 is 11.5 Å². The fraction of sp³-hybridized carbons (Fsp3) is 0.909. The molecule has 1 aliphatic rings. The van der Waals surface area contributed by atoms with Crippen molar-refractivity contribution >= 4 is 17.7 Å². The first-order valence-corrected chi connectivity index (χ1v) is 6.74. The van der Waals surface area contributed by atoms with Crippen molar-refractivity contribution in [3.63, 3.8) is 0 Å². The van der Waals surface area contributed by atoms with Crippen molar-refractivity contribution < 1.29 is 9.90 Å². The van der Waals surface area contributed by atoms with Gasteiger partial charge in [0.25, 0.3) is 0 Å². The highest BCUT2D eigenvalue weighted by molar-refractivity contribution is 7.99. The van der Waals surface area contributed by atoms with E-state index in [1.165, 1.54) is 0 Å². The van der Waals surface area contributed by atoms with Crippen molar-refractivity contribution in [1.82, 2.24) is 4.90 Å². The Balaban J connectivity index is 2.76. The lowest BCUT2D eigenvalue weighted by molar-refractivity contribution is -0.150. The Hall–Kier alpha value is -0.220. The summed E-state index contributed by atoms with van der Waals surface area (Å²) in [5, 5.41) is 9.40. The predicted octanol–water partition coefficient (Wildman–Crippen LogP) is 2.07. The Kier molecular flexibility index (Phi) is 4.46. The van der Waals surface area contributed by atoms with Gasteiger partial charge < -0.3 is 5.11 Å². The van der Waals surface area contributed by atoms with Crippen molar-refractivity contribution in [1.29, 1.82) is 0 Å². The second-order valence-corrected chi connectivity index (χ2v) is 5.49. The van der Waals surface area contributed by atoms with Gasteiger partial charge in [0, 0.05) is 11.8 Å². The number of rotatable bonds is 5. The van der Waals surface area contributed by atoms with Crippen LogP contribution in [-0.2, 0) is 4.79 Å². The van der Waals surface area contributed by atoms with Crippen LogP contribution in [0.15, 0.2) is 0 Å². The molecular weight excluding hydrogens is 210 g/mol. The number of carboxylic acids is 1. The Morgan fingerprint density at radius 3 is 2.73 bits per heavy atom. The highest BCUT2D eigenvalue weighted by Crippen LogP contribution is 2.34. The van der Waals surface area contributed by atoms with Crippen molar-refractivity contribution in [3.8, 4) is 0 Å². The minimum atomic E-state index is -0.655. The molecule has 0 radical (unpaired) electrons. The molecule has 1 aliphatic heterocycles. The molecule has 2 unspecified atom stereocenters. The number of hydrogen-bond donors (Lipinski definition) is 1. The maximum Gasteiger partial charge on any atom is 0.325 e. The third kappa shape index (κ3) is 2.48. The topological polar surface area (TPSA) is 40.5 Å². The zero-order valence-electron chi connectivity index (χ0n) is 9.82. The van der Waals surface area contributed by atoms with E-state index in [1.807, 2.05) is 7.05 Å². The van der Waals surface area contributed by atoms with Crippen LogP contribution in [-0.4, -0.2) is 46.1 Å². The summed E-state index contributed by atoms with van der Waals surface area (Å²) in [5.74, 6) is 1.04. The molecule has 0 aromatic carbocycles. The quantitative estimate of drug-likeness (QED) is 0.786. The van der Waals surface area contributed by atoms with Gasteiger partial charge in [-0.15, -0.1) is 0 Å². The van der Waals surface area contributed by atoms with Gasteiger partial charge in [-0.05, 0) is 32.6 Å². The number of aliphatic carboxylic acids is 1. The average Bonchev–Trinajstić information content (AvgIpc) is 2.66. The van der Waals surface area contributed by atoms with E-state index in [1.54, 1.807) is 11.8 Å². The number of thioether (sulfide) groups is 1. The summed E-state index contributed by atoms with van der Waals surface area (Å²) in [4.78, 5) is 13.5. The van der Waals surface area contributed by atoms with Gasteiger partial charge >= 0.3 is 5.97 Å². The standard InChI is InChI=1S/C11H21NO2S/c1-4-5-9(2)12(3)11(10(13)14)6-7-15-8-11/h9H,4-8H2,1-3H3,(H,13,14). The van der Waals surface area contributed by atoms with Crippen LogP contribution in [0.1, 0.15) is 33.1 Å². The van der Waals surface area contributed by atoms with Gasteiger partial charge in [0.05, 0.1) is 0 Å². The first kappa shape index (κ1) is 12.8. The molecule has 3 nitrogen and oxygen atoms in total. The van der Waals surface area contributed by atoms with Crippen molar-refractivity contribution in [3.05, 3.63) is 0 Å². The zero-order valence-corrected chi connectivity index (χ0v) is 10.6. The number of carboxylic acid groups (broad SMARTS) is 1. The molecule has 0 amide bonds. The average molecular weight is 231 g/mol. The van der Waals surface area contributed by atoms with Gasteiger partial charge in [-0.25, -0.2) is 0 Å². The molecule has 2 atom stereocenters. The highest BCUT2D eigenvalue weighted by Gasteiger charge is 2.46. The van der Waals surface area contributed by atoms with Gasteiger partial charge in [-0.2, -0.15) is 11.8 Å². The van der Waals surface area contributed by atoms with Gasteiger partial charge in [-0.1, -0.05) is 13.3 Å². The molecule has 88 valence electrons. The lowest BCUT2D eigenvalue weighted by Crippen LogP contribution is -2.56. The van der Waals surface area contributed by atoms with Crippen LogP contribution in [0, 0.1) is 0 Å². The lowest BCUT2D eigenvalue weighted by Gasteiger charge is -2.38. The second-order valence-electron chi connectivity index (χ2n) is 4.39. The normalized spacial score (nSPS) is 28.3. The highest BCUT2D eigenvalue weighted by atomic mass is 32.2. The van der Waals surface area contributed by atoms with Gasteiger partial charge in [0.1, 0.15) is 5.54 Å². The molecule has 0 aromatic heterocycles. The van der Waals surface area contributed by atoms with E-state index >= 15 is 0 Å².